The Hall–Kier alpha value is -2.77. The molecule has 0 atom stereocenters. The number of esters is 2. The predicted octanol–water partition coefficient (Wildman–Crippen LogP) is 1.07. The minimum Gasteiger partial charge on any atom is -0.465 e. The Morgan fingerprint density at radius 1 is 1.09 bits per heavy atom. The van der Waals surface area contributed by atoms with Gasteiger partial charge in [-0.15, -0.1) is 0 Å². The van der Waals surface area contributed by atoms with Crippen molar-refractivity contribution in [2.45, 2.75) is 13.2 Å². The van der Waals surface area contributed by atoms with Gasteiger partial charge in [-0.1, -0.05) is 0 Å². The standard InChI is InChI=1S/C16H15NO6/c1-22-15(20)11-5-12(8-18)14(13(6-11)9-19)23-16(21)10-3-2-4-17-7-10/h2-7,18-19H,8-9H2,1H3. The largest absolute Gasteiger partial charge is 0.465 e. The molecule has 7 heteroatoms. The average molecular weight is 317 g/mol. The molecule has 0 fully saturated rings. The van der Waals surface area contributed by atoms with Crippen LogP contribution in [-0.2, 0) is 18.0 Å². The minimum absolute atomic E-state index is 0.0107. The number of carbonyl (C=O) groups is 2. The molecule has 0 saturated carbocycles. The van der Waals surface area contributed by atoms with Gasteiger partial charge in [-0.2, -0.15) is 0 Å². The quantitative estimate of drug-likeness (QED) is 0.627. The van der Waals surface area contributed by atoms with Crippen molar-refractivity contribution < 1.29 is 29.3 Å². The van der Waals surface area contributed by atoms with Crippen molar-refractivity contribution in [3.05, 3.63) is 58.9 Å². The highest BCUT2D eigenvalue weighted by molar-refractivity contribution is 5.92. The first kappa shape index (κ1) is 16.6. The topological polar surface area (TPSA) is 106 Å². The minimum atomic E-state index is -0.687. The van der Waals surface area contributed by atoms with Gasteiger partial charge in [0.25, 0.3) is 0 Å². The molecule has 0 bridgehead atoms. The Balaban J connectivity index is 2.41. The van der Waals surface area contributed by atoms with Gasteiger partial charge in [0.05, 0.1) is 31.5 Å². The Kier molecular flexibility index (Phi) is 5.40. The first-order valence-electron chi connectivity index (χ1n) is 6.68. The van der Waals surface area contributed by atoms with Crippen LogP contribution in [0.25, 0.3) is 0 Å². The summed E-state index contributed by atoms with van der Waals surface area (Å²) in [7, 11) is 1.22. The smallest absolute Gasteiger partial charge is 0.345 e. The lowest BCUT2D eigenvalue weighted by Gasteiger charge is -2.14. The maximum atomic E-state index is 12.1. The number of aromatic nitrogens is 1. The predicted molar refractivity (Wildman–Crippen MR) is 78.8 cm³/mol. The summed E-state index contributed by atoms with van der Waals surface area (Å²) in [6, 6.07) is 5.79. The van der Waals surface area contributed by atoms with Crippen molar-refractivity contribution >= 4 is 11.9 Å². The van der Waals surface area contributed by atoms with Crippen molar-refractivity contribution in [3.63, 3.8) is 0 Å². The number of aliphatic hydroxyl groups is 2. The molecule has 23 heavy (non-hydrogen) atoms. The summed E-state index contributed by atoms with van der Waals surface area (Å²) in [5, 5.41) is 18.9. The summed E-state index contributed by atoms with van der Waals surface area (Å²) in [6.45, 7) is -0.957. The molecule has 120 valence electrons. The molecule has 0 aliphatic heterocycles. The lowest BCUT2D eigenvalue weighted by molar-refractivity contribution is 0.0600. The second-order valence-corrected chi connectivity index (χ2v) is 4.56. The van der Waals surface area contributed by atoms with Gasteiger partial charge >= 0.3 is 11.9 Å². The van der Waals surface area contributed by atoms with Crippen LogP contribution in [0.3, 0.4) is 0 Å². The second kappa shape index (κ2) is 7.48. The fraction of sp³-hybridized carbons (Fsp3) is 0.188. The van der Waals surface area contributed by atoms with Crippen LogP contribution in [0.15, 0.2) is 36.7 Å². The zero-order chi connectivity index (χ0) is 16.8. The Morgan fingerprint density at radius 2 is 1.74 bits per heavy atom. The highest BCUT2D eigenvalue weighted by atomic mass is 16.5. The van der Waals surface area contributed by atoms with Crippen LogP contribution in [0.2, 0.25) is 0 Å². The number of hydrogen-bond acceptors (Lipinski definition) is 7. The number of aliphatic hydroxyl groups excluding tert-OH is 2. The summed E-state index contributed by atoms with van der Waals surface area (Å²) in [5.41, 5.74) is 0.738. The fourth-order valence-corrected chi connectivity index (χ4v) is 1.99. The molecule has 2 aromatic rings. The van der Waals surface area contributed by atoms with Gasteiger partial charge in [0, 0.05) is 23.5 Å². The maximum Gasteiger partial charge on any atom is 0.345 e. The first-order valence-corrected chi connectivity index (χ1v) is 6.68. The van der Waals surface area contributed by atoms with Crippen LogP contribution in [-0.4, -0.2) is 34.2 Å². The molecule has 7 nitrogen and oxygen atoms in total. The van der Waals surface area contributed by atoms with Gasteiger partial charge in [0.15, 0.2) is 0 Å². The molecule has 2 rings (SSSR count). The van der Waals surface area contributed by atoms with E-state index in [-0.39, 0.29) is 28.0 Å². The molecule has 0 saturated heterocycles. The lowest BCUT2D eigenvalue weighted by atomic mass is 10.0. The summed E-state index contributed by atoms with van der Waals surface area (Å²) in [5.74, 6) is -1.30. The van der Waals surface area contributed by atoms with Crippen LogP contribution in [0.1, 0.15) is 31.8 Å². The zero-order valence-corrected chi connectivity index (χ0v) is 12.4. The SMILES string of the molecule is COC(=O)c1cc(CO)c(OC(=O)c2cccnc2)c(CO)c1. The first-order chi connectivity index (χ1) is 11.1. The number of carbonyl (C=O) groups excluding carboxylic acids is 2. The fourth-order valence-electron chi connectivity index (χ4n) is 1.99. The summed E-state index contributed by atoms with van der Waals surface area (Å²) in [6.07, 6.45) is 2.85. The molecule has 1 heterocycles. The molecule has 2 N–H and O–H groups in total. The van der Waals surface area contributed by atoms with Gasteiger partial charge in [-0.05, 0) is 24.3 Å². The highest BCUT2D eigenvalue weighted by Gasteiger charge is 2.19. The zero-order valence-electron chi connectivity index (χ0n) is 12.4. The highest BCUT2D eigenvalue weighted by Crippen LogP contribution is 2.28. The van der Waals surface area contributed by atoms with Crippen molar-refractivity contribution in [3.8, 4) is 5.75 Å². The number of pyridine rings is 1. The van der Waals surface area contributed by atoms with E-state index in [0.717, 1.165) is 0 Å². The van der Waals surface area contributed by atoms with Crippen LogP contribution >= 0.6 is 0 Å². The van der Waals surface area contributed by atoms with E-state index in [4.69, 9.17) is 4.74 Å². The summed E-state index contributed by atoms with van der Waals surface area (Å²) >= 11 is 0. The molecule has 0 spiro atoms. The summed E-state index contributed by atoms with van der Waals surface area (Å²) < 4.78 is 9.87. The van der Waals surface area contributed by atoms with E-state index in [1.54, 1.807) is 6.07 Å². The molecule has 0 aliphatic rings. The van der Waals surface area contributed by atoms with E-state index in [9.17, 15) is 19.8 Å². The lowest BCUT2D eigenvalue weighted by Crippen LogP contribution is -2.13. The van der Waals surface area contributed by atoms with E-state index in [0.29, 0.717) is 0 Å². The van der Waals surface area contributed by atoms with Crippen molar-refractivity contribution in [1.29, 1.82) is 0 Å². The van der Waals surface area contributed by atoms with E-state index in [1.807, 2.05) is 0 Å². The van der Waals surface area contributed by atoms with Gasteiger partial charge in [0.1, 0.15) is 5.75 Å². The van der Waals surface area contributed by atoms with Gasteiger partial charge in [-0.3, -0.25) is 4.98 Å². The van der Waals surface area contributed by atoms with Crippen molar-refractivity contribution in [2.75, 3.05) is 7.11 Å². The maximum absolute atomic E-state index is 12.1. The third-order valence-corrected chi connectivity index (χ3v) is 3.10. The third kappa shape index (κ3) is 3.71. The van der Waals surface area contributed by atoms with E-state index in [1.165, 1.54) is 37.7 Å². The van der Waals surface area contributed by atoms with E-state index in [2.05, 4.69) is 9.72 Å². The van der Waals surface area contributed by atoms with Crippen LogP contribution < -0.4 is 4.74 Å². The Labute approximate surface area is 132 Å². The third-order valence-electron chi connectivity index (χ3n) is 3.10. The van der Waals surface area contributed by atoms with Gasteiger partial charge in [0.2, 0.25) is 0 Å². The molecule has 0 aliphatic carbocycles. The molecule has 1 aromatic carbocycles. The van der Waals surface area contributed by atoms with E-state index < -0.39 is 25.2 Å². The molecular formula is C16H15NO6. The second-order valence-electron chi connectivity index (χ2n) is 4.56. The average Bonchev–Trinajstić information content (AvgIpc) is 2.61. The Bertz CT molecular complexity index is 689. The van der Waals surface area contributed by atoms with Crippen molar-refractivity contribution in [2.24, 2.45) is 0 Å². The molecule has 0 unspecified atom stereocenters. The number of rotatable bonds is 5. The number of methoxy groups -OCH3 is 1. The number of hydrogen-bond donors (Lipinski definition) is 2. The molecule has 1 aromatic heterocycles. The molecule has 0 amide bonds. The monoisotopic (exact) mass is 317 g/mol. The van der Waals surface area contributed by atoms with Crippen LogP contribution in [0.5, 0.6) is 5.75 Å². The normalized spacial score (nSPS) is 10.2. The molecular weight excluding hydrogens is 302 g/mol. The van der Waals surface area contributed by atoms with Crippen LogP contribution in [0, 0.1) is 0 Å². The summed E-state index contributed by atoms with van der Waals surface area (Å²) in [4.78, 5) is 27.5. The Morgan fingerprint density at radius 3 is 2.22 bits per heavy atom. The molecule has 0 radical (unpaired) electrons. The van der Waals surface area contributed by atoms with Gasteiger partial charge in [-0.25, -0.2) is 9.59 Å². The number of benzene rings is 1. The number of ether oxygens (including phenoxy) is 2. The number of nitrogens with zero attached hydrogens (tertiary/aromatic N) is 1. The van der Waals surface area contributed by atoms with Crippen molar-refractivity contribution in [1.82, 2.24) is 4.98 Å². The van der Waals surface area contributed by atoms with Crippen LogP contribution in [0.4, 0.5) is 0 Å². The van der Waals surface area contributed by atoms with Gasteiger partial charge < -0.3 is 19.7 Å². The van der Waals surface area contributed by atoms with E-state index >= 15 is 0 Å².